The third-order valence-electron chi connectivity index (χ3n) is 6.62. The van der Waals surface area contributed by atoms with E-state index in [1.54, 1.807) is 0 Å². The summed E-state index contributed by atoms with van der Waals surface area (Å²) in [5.41, 5.74) is 5.17. The zero-order valence-corrected chi connectivity index (χ0v) is 20.4. The van der Waals surface area contributed by atoms with Crippen LogP contribution in [0.1, 0.15) is 27.2 Å². The molecule has 5 aromatic rings. The Labute approximate surface area is 214 Å². The molecule has 0 atom stereocenters. The second-order valence-electron chi connectivity index (χ2n) is 8.96. The molecular weight excluding hydrogens is 464 g/mol. The zero-order valence-electron chi connectivity index (χ0n) is 20.4. The number of hydrogen-bond donors (Lipinski definition) is 2. The maximum absolute atomic E-state index is 13.4. The number of carbonyl (C=O) groups excluding carboxylic acids is 1. The Morgan fingerprint density at radius 1 is 1.00 bits per heavy atom. The molecule has 0 saturated heterocycles. The Morgan fingerprint density at radius 2 is 1.78 bits per heavy atom. The first-order valence-corrected chi connectivity index (χ1v) is 12.3. The van der Waals surface area contributed by atoms with E-state index in [0.29, 0.717) is 43.2 Å². The van der Waals surface area contributed by atoms with Gasteiger partial charge < -0.3 is 15.0 Å². The number of aromatic nitrogens is 4. The number of aromatic amines is 1. The van der Waals surface area contributed by atoms with Crippen LogP contribution in [0.3, 0.4) is 0 Å². The largest absolute Gasteiger partial charge is 0.489 e. The number of H-pyrrole nitrogens is 1. The average molecular weight is 491 g/mol. The molecule has 1 amide bonds. The van der Waals surface area contributed by atoms with Gasteiger partial charge in [0, 0.05) is 30.1 Å². The maximum Gasteiger partial charge on any atom is 0.254 e. The molecule has 8 nitrogen and oxygen atoms in total. The average Bonchev–Trinajstić information content (AvgIpc) is 3.40. The van der Waals surface area contributed by atoms with Crippen LogP contribution in [0.5, 0.6) is 5.75 Å². The lowest BCUT2D eigenvalue weighted by atomic mass is 10.0. The molecule has 0 fully saturated rings. The van der Waals surface area contributed by atoms with Crippen LogP contribution < -0.4 is 10.1 Å². The van der Waals surface area contributed by atoms with Gasteiger partial charge in [-0.3, -0.25) is 9.89 Å². The van der Waals surface area contributed by atoms with Crippen LogP contribution in [-0.4, -0.2) is 44.6 Å². The minimum Gasteiger partial charge on any atom is -0.489 e. The van der Waals surface area contributed by atoms with Crippen LogP contribution in [0.15, 0.2) is 78.9 Å². The fraction of sp³-hybridized carbons (Fsp3) is 0.172. The van der Waals surface area contributed by atoms with Crippen LogP contribution in [0, 0.1) is 0 Å². The highest BCUT2D eigenvalue weighted by Gasteiger charge is 2.27. The van der Waals surface area contributed by atoms with Gasteiger partial charge in [0.2, 0.25) is 0 Å². The Hall–Kier alpha value is -4.72. The molecule has 2 N–H and O–H groups in total. The minimum absolute atomic E-state index is 0.0161. The van der Waals surface area contributed by atoms with Crippen molar-refractivity contribution in [2.45, 2.75) is 19.6 Å². The van der Waals surface area contributed by atoms with E-state index >= 15 is 0 Å². The Bertz CT molecular complexity index is 1560. The fourth-order valence-electron chi connectivity index (χ4n) is 4.66. The molecule has 184 valence electrons. The summed E-state index contributed by atoms with van der Waals surface area (Å²) in [6.45, 7) is 1.47. The van der Waals surface area contributed by atoms with Gasteiger partial charge in [0.15, 0.2) is 5.82 Å². The van der Waals surface area contributed by atoms with Gasteiger partial charge in [-0.25, -0.2) is 9.97 Å². The van der Waals surface area contributed by atoms with Gasteiger partial charge in [-0.2, -0.15) is 5.10 Å². The van der Waals surface area contributed by atoms with Crippen molar-refractivity contribution in [1.82, 2.24) is 25.1 Å². The number of anilines is 1. The summed E-state index contributed by atoms with van der Waals surface area (Å²) < 4.78 is 5.82. The summed E-state index contributed by atoms with van der Waals surface area (Å²) in [6, 6.07) is 25.2. The molecule has 0 unspecified atom stereocenters. The summed E-state index contributed by atoms with van der Waals surface area (Å²) in [5, 5.41) is 11.7. The van der Waals surface area contributed by atoms with E-state index in [9.17, 15) is 4.79 Å². The van der Waals surface area contributed by atoms with Crippen LogP contribution in [0.4, 0.5) is 5.82 Å². The topological polar surface area (TPSA) is 96.0 Å². The molecule has 1 aliphatic rings. The summed E-state index contributed by atoms with van der Waals surface area (Å²) in [7, 11) is 1.86. The van der Waals surface area contributed by atoms with Gasteiger partial charge in [-0.1, -0.05) is 48.5 Å². The number of nitrogens with one attached hydrogen (secondary N) is 2. The molecule has 2 aromatic heterocycles. The van der Waals surface area contributed by atoms with Crippen molar-refractivity contribution in [3.63, 3.8) is 0 Å². The highest BCUT2D eigenvalue weighted by molar-refractivity contribution is 5.94. The third-order valence-corrected chi connectivity index (χ3v) is 6.62. The summed E-state index contributed by atoms with van der Waals surface area (Å²) in [4.78, 5) is 24.8. The molecule has 0 spiro atoms. The SMILES string of the molecule is CNc1nc(-c2n[nH]c3ccccc23)nc2c1CCN(C(=O)c1ccc(COc3ccccc3)cc1)C2. The quantitative estimate of drug-likeness (QED) is 0.354. The number of hydrogen-bond acceptors (Lipinski definition) is 6. The van der Waals surface area contributed by atoms with Gasteiger partial charge in [-0.15, -0.1) is 0 Å². The molecule has 0 radical (unpaired) electrons. The van der Waals surface area contributed by atoms with Gasteiger partial charge in [0.1, 0.15) is 23.9 Å². The molecule has 6 rings (SSSR count). The first-order valence-electron chi connectivity index (χ1n) is 12.3. The van der Waals surface area contributed by atoms with E-state index in [1.165, 1.54) is 0 Å². The highest BCUT2D eigenvalue weighted by Crippen LogP contribution is 2.30. The van der Waals surface area contributed by atoms with E-state index in [2.05, 4.69) is 15.5 Å². The third kappa shape index (κ3) is 4.49. The lowest BCUT2D eigenvalue weighted by Crippen LogP contribution is -2.37. The van der Waals surface area contributed by atoms with Crippen molar-refractivity contribution in [3.05, 3.63) is 101 Å². The molecule has 0 bridgehead atoms. The minimum atomic E-state index is -0.0161. The Morgan fingerprint density at radius 3 is 2.59 bits per heavy atom. The normalized spacial score (nSPS) is 12.8. The number of amides is 1. The van der Waals surface area contributed by atoms with Crippen LogP contribution >= 0.6 is 0 Å². The maximum atomic E-state index is 13.4. The van der Waals surface area contributed by atoms with E-state index in [4.69, 9.17) is 14.7 Å². The fourth-order valence-corrected chi connectivity index (χ4v) is 4.66. The number of para-hydroxylation sites is 2. The Kier molecular flexibility index (Phi) is 5.98. The number of benzene rings is 3. The molecule has 37 heavy (non-hydrogen) atoms. The van der Waals surface area contributed by atoms with Gasteiger partial charge in [0.25, 0.3) is 5.91 Å². The van der Waals surface area contributed by atoms with Crippen LogP contribution in [-0.2, 0) is 19.6 Å². The number of carbonyl (C=O) groups is 1. The van der Waals surface area contributed by atoms with Gasteiger partial charge in [-0.05, 0) is 42.3 Å². The Balaban J connectivity index is 1.21. The molecule has 3 heterocycles. The van der Waals surface area contributed by atoms with Gasteiger partial charge >= 0.3 is 0 Å². The van der Waals surface area contributed by atoms with E-state index in [1.807, 2.05) is 90.8 Å². The van der Waals surface area contributed by atoms with Crippen LogP contribution in [0.25, 0.3) is 22.4 Å². The summed E-state index contributed by atoms with van der Waals surface area (Å²) in [5.74, 6) is 2.12. The predicted octanol–water partition coefficient (Wildman–Crippen LogP) is 4.84. The number of rotatable bonds is 6. The van der Waals surface area contributed by atoms with Crippen molar-refractivity contribution in [2.24, 2.45) is 0 Å². The highest BCUT2D eigenvalue weighted by atomic mass is 16.5. The van der Waals surface area contributed by atoms with Gasteiger partial charge in [0.05, 0.1) is 17.8 Å². The van der Waals surface area contributed by atoms with Crippen LogP contribution in [0.2, 0.25) is 0 Å². The van der Waals surface area contributed by atoms with E-state index in [-0.39, 0.29) is 5.91 Å². The summed E-state index contributed by atoms with van der Waals surface area (Å²) in [6.07, 6.45) is 0.682. The van der Waals surface area contributed by atoms with E-state index < -0.39 is 0 Å². The standard InChI is InChI=1S/C29H26N6O2/c1-30-27-23-15-16-35(17-25(23)31-28(32-27)26-22-9-5-6-10-24(22)33-34-26)29(36)20-13-11-19(12-14-20)18-37-21-7-3-2-4-8-21/h2-14H,15-18H2,1H3,(H,33,34)(H,30,31,32). The first-order chi connectivity index (χ1) is 18.2. The molecule has 0 aliphatic carbocycles. The number of fused-ring (bicyclic) bond motifs is 2. The lowest BCUT2D eigenvalue weighted by molar-refractivity contribution is 0.0732. The predicted molar refractivity (Wildman–Crippen MR) is 142 cm³/mol. The van der Waals surface area contributed by atoms with Crippen molar-refractivity contribution in [2.75, 3.05) is 18.9 Å². The van der Waals surface area contributed by atoms with Crippen molar-refractivity contribution in [1.29, 1.82) is 0 Å². The smallest absolute Gasteiger partial charge is 0.254 e. The van der Waals surface area contributed by atoms with Crippen molar-refractivity contribution in [3.8, 4) is 17.3 Å². The second kappa shape index (κ2) is 9.73. The van der Waals surface area contributed by atoms with E-state index in [0.717, 1.165) is 39.3 Å². The summed E-state index contributed by atoms with van der Waals surface area (Å²) >= 11 is 0. The molecule has 1 aliphatic heterocycles. The van der Waals surface area contributed by atoms with Crippen molar-refractivity contribution < 1.29 is 9.53 Å². The number of nitrogens with zero attached hydrogens (tertiary/aromatic N) is 4. The molecule has 8 heteroatoms. The number of ether oxygens (including phenoxy) is 1. The first kappa shape index (κ1) is 22.7. The second-order valence-corrected chi connectivity index (χ2v) is 8.96. The van der Waals surface area contributed by atoms with Crippen molar-refractivity contribution >= 4 is 22.6 Å². The molecular formula is C29H26N6O2. The zero-order chi connectivity index (χ0) is 25.2. The molecule has 3 aromatic carbocycles. The molecule has 0 saturated carbocycles. The lowest BCUT2D eigenvalue weighted by Gasteiger charge is -2.29. The monoisotopic (exact) mass is 490 g/mol.